The van der Waals surface area contributed by atoms with Gasteiger partial charge in [0, 0.05) is 0 Å². The molecular weight excluding hydrogens is 122 g/mol. The van der Waals surface area contributed by atoms with Crippen LogP contribution in [0.4, 0.5) is 0 Å². The fourth-order valence-corrected chi connectivity index (χ4v) is 1.01. The second kappa shape index (κ2) is 2.22. The summed E-state index contributed by atoms with van der Waals surface area (Å²) in [5, 5.41) is 0.875. The SMILES string of the molecule is C[SH](C)c1ncco1. The van der Waals surface area contributed by atoms with E-state index in [1.807, 2.05) is 0 Å². The van der Waals surface area contributed by atoms with Gasteiger partial charge in [0.05, 0.1) is 6.20 Å². The Hall–Kier alpha value is -0.440. The van der Waals surface area contributed by atoms with Crippen molar-refractivity contribution < 1.29 is 4.42 Å². The minimum atomic E-state index is -0.136. The zero-order valence-corrected chi connectivity index (χ0v) is 5.85. The topological polar surface area (TPSA) is 26.0 Å². The molecule has 0 aliphatic heterocycles. The molecule has 0 aromatic carbocycles. The molecule has 1 rings (SSSR count). The molecule has 8 heavy (non-hydrogen) atoms. The van der Waals surface area contributed by atoms with Crippen LogP contribution in [-0.2, 0) is 0 Å². The normalized spacial score (nSPS) is 11.5. The minimum absolute atomic E-state index is 0.136. The van der Waals surface area contributed by atoms with Crippen molar-refractivity contribution in [3.8, 4) is 0 Å². The van der Waals surface area contributed by atoms with Crippen LogP contribution in [0.5, 0.6) is 0 Å². The Morgan fingerprint density at radius 1 is 1.62 bits per heavy atom. The molecule has 0 unspecified atom stereocenters. The highest BCUT2D eigenvalue weighted by Gasteiger charge is 1.95. The molecule has 0 atom stereocenters. The van der Waals surface area contributed by atoms with Crippen molar-refractivity contribution in [1.29, 1.82) is 0 Å². The lowest BCUT2D eigenvalue weighted by Crippen LogP contribution is -1.73. The Labute approximate surface area is 51.3 Å². The highest BCUT2D eigenvalue weighted by molar-refractivity contribution is 8.15. The zero-order chi connectivity index (χ0) is 5.98. The first kappa shape index (κ1) is 5.69. The van der Waals surface area contributed by atoms with Crippen LogP contribution in [0.25, 0.3) is 0 Å². The van der Waals surface area contributed by atoms with Crippen molar-refractivity contribution in [1.82, 2.24) is 4.98 Å². The van der Waals surface area contributed by atoms with Crippen LogP contribution < -0.4 is 0 Å². The van der Waals surface area contributed by atoms with Gasteiger partial charge < -0.3 is 4.42 Å². The monoisotopic (exact) mass is 131 g/mol. The van der Waals surface area contributed by atoms with Crippen molar-refractivity contribution >= 4 is 10.9 Å². The number of aromatic nitrogens is 1. The van der Waals surface area contributed by atoms with Crippen LogP contribution in [0.1, 0.15) is 0 Å². The van der Waals surface area contributed by atoms with Crippen LogP contribution >= 0.6 is 10.9 Å². The van der Waals surface area contributed by atoms with Crippen LogP contribution in [-0.4, -0.2) is 17.5 Å². The first-order chi connectivity index (χ1) is 3.80. The number of nitrogens with zero attached hydrogens (tertiary/aromatic N) is 1. The average molecular weight is 131 g/mol. The van der Waals surface area contributed by atoms with E-state index in [0.29, 0.717) is 0 Å². The van der Waals surface area contributed by atoms with Crippen molar-refractivity contribution in [3.05, 3.63) is 12.5 Å². The lowest BCUT2D eigenvalue weighted by atomic mass is 11.0. The molecule has 0 amide bonds. The second-order valence-corrected chi connectivity index (χ2v) is 3.88. The largest absolute Gasteiger partial charge is 0.441 e. The number of oxazole rings is 1. The molecule has 0 aliphatic rings. The highest BCUT2D eigenvalue weighted by atomic mass is 32.2. The smallest absolute Gasteiger partial charge is 0.234 e. The lowest BCUT2D eigenvalue weighted by molar-refractivity contribution is 0.453. The van der Waals surface area contributed by atoms with Gasteiger partial charge in [-0.1, -0.05) is 0 Å². The van der Waals surface area contributed by atoms with Gasteiger partial charge in [-0.25, -0.2) is 4.98 Å². The van der Waals surface area contributed by atoms with Gasteiger partial charge >= 0.3 is 0 Å². The van der Waals surface area contributed by atoms with Crippen LogP contribution in [0.3, 0.4) is 0 Å². The molecule has 1 aromatic heterocycles. The van der Waals surface area contributed by atoms with Crippen molar-refractivity contribution in [2.45, 2.75) is 5.22 Å². The summed E-state index contributed by atoms with van der Waals surface area (Å²) in [5.74, 6) is 0. The minimum Gasteiger partial charge on any atom is -0.441 e. The quantitative estimate of drug-likeness (QED) is 0.581. The van der Waals surface area contributed by atoms with E-state index in [1.165, 1.54) is 0 Å². The maximum absolute atomic E-state index is 5.01. The molecule has 0 saturated heterocycles. The van der Waals surface area contributed by atoms with Crippen molar-refractivity contribution in [2.75, 3.05) is 12.5 Å². The number of hydrogen-bond donors (Lipinski definition) is 1. The number of hydrogen-bond acceptors (Lipinski definition) is 2. The van der Waals surface area contributed by atoms with E-state index in [2.05, 4.69) is 17.5 Å². The number of thiol groups is 1. The van der Waals surface area contributed by atoms with Gasteiger partial charge in [-0.05, 0) is 12.5 Å². The van der Waals surface area contributed by atoms with Crippen LogP contribution in [0.15, 0.2) is 22.1 Å². The summed E-state index contributed by atoms with van der Waals surface area (Å²) < 4.78 is 5.01. The van der Waals surface area contributed by atoms with E-state index < -0.39 is 0 Å². The molecule has 0 bridgehead atoms. The third kappa shape index (κ3) is 1.04. The predicted molar refractivity (Wildman–Crippen MR) is 35.6 cm³/mol. The summed E-state index contributed by atoms with van der Waals surface area (Å²) in [5.41, 5.74) is 0. The average Bonchev–Trinajstić information content (AvgIpc) is 2.12. The fourth-order valence-electron chi connectivity index (χ4n) is 0.437. The van der Waals surface area contributed by atoms with Gasteiger partial charge in [-0.2, -0.15) is 10.9 Å². The summed E-state index contributed by atoms with van der Waals surface area (Å²) in [6.45, 7) is 0. The first-order valence-electron chi connectivity index (χ1n) is 2.37. The molecule has 1 heterocycles. The van der Waals surface area contributed by atoms with Gasteiger partial charge in [-0.15, -0.1) is 0 Å². The molecule has 1 aromatic rings. The van der Waals surface area contributed by atoms with E-state index >= 15 is 0 Å². The molecule has 3 heteroatoms. The van der Waals surface area contributed by atoms with E-state index in [4.69, 9.17) is 4.42 Å². The van der Waals surface area contributed by atoms with E-state index in [9.17, 15) is 0 Å². The maximum Gasteiger partial charge on any atom is 0.234 e. The first-order valence-corrected chi connectivity index (χ1v) is 4.61. The predicted octanol–water partition coefficient (Wildman–Crippen LogP) is 1.29. The highest BCUT2D eigenvalue weighted by Crippen LogP contribution is 2.24. The van der Waals surface area contributed by atoms with Gasteiger partial charge in [0.1, 0.15) is 6.26 Å². The van der Waals surface area contributed by atoms with E-state index in [1.54, 1.807) is 12.5 Å². The third-order valence-electron chi connectivity index (χ3n) is 0.802. The maximum atomic E-state index is 5.01. The molecule has 2 nitrogen and oxygen atoms in total. The standard InChI is InChI=1S/C5H9NOS/c1-8(2)5-6-3-4-7-5/h3-4,8H,1-2H3. The Balaban J connectivity index is 2.77. The van der Waals surface area contributed by atoms with E-state index in [0.717, 1.165) is 5.22 Å². The summed E-state index contributed by atoms with van der Waals surface area (Å²) in [6.07, 6.45) is 7.51. The van der Waals surface area contributed by atoms with Gasteiger partial charge in [-0.3, -0.25) is 0 Å². The van der Waals surface area contributed by atoms with Gasteiger partial charge in [0.2, 0.25) is 5.22 Å². The van der Waals surface area contributed by atoms with Crippen molar-refractivity contribution in [3.63, 3.8) is 0 Å². The number of rotatable bonds is 1. The molecule has 46 valence electrons. The second-order valence-electron chi connectivity index (χ2n) is 1.71. The lowest BCUT2D eigenvalue weighted by Gasteiger charge is -1.98. The Kier molecular flexibility index (Phi) is 1.58. The summed E-state index contributed by atoms with van der Waals surface area (Å²) in [6, 6.07) is 0. The zero-order valence-electron chi connectivity index (χ0n) is 4.96. The molecule has 0 N–H and O–H groups in total. The molecule has 0 fully saturated rings. The Morgan fingerprint density at radius 2 is 2.38 bits per heavy atom. The molecule has 0 spiro atoms. The molecular formula is C5H9NOS. The van der Waals surface area contributed by atoms with Crippen molar-refractivity contribution in [2.24, 2.45) is 0 Å². The Morgan fingerprint density at radius 3 is 2.62 bits per heavy atom. The molecule has 0 radical (unpaired) electrons. The Bertz CT molecular complexity index is 147. The van der Waals surface area contributed by atoms with Crippen LogP contribution in [0.2, 0.25) is 0 Å². The van der Waals surface area contributed by atoms with Gasteiger partial charge in [0.25, 0.3) is 0 Å². The van der Waals surface area contributed by atoms with Gasteiger partial charge in [0.15, 0.2) is 0 Å². The molecule has 0 aliphatic carbocycles. The van der Waals surface area contributed by atoms with E-state index in [-0.39, 0.29) is 10.9 Å². The summed E-state index contributed by atoms with van der Waals surface area (Å²) >= 11 is 0. The fraction of sp³-hybridized carbons (Fsp3) is 0.400. The summed E-state index contributed by atoms with van der Waals surface area (Å²) in [4.78, 5) is 3.98. The third-order valence-corrected chi connectivity index (χ3v) is 1.79. The van der Waals surface area contributed by atoms with Crippen LogP contribution in [0, 0.1) is 0 Å². The summed E-state index contributed by atoms with van der Waals surface area (Å²) in [7, 11) is -0.136. The molecule has 0 saturated carbocycles.